The van der Waals surface area contributed by atoms with Crippen LogP contribution in [0.2, 0.25) is 0 Å². The molecule has 1 fully saturated rings. The molecule has 1 rings (SSSR count). The van der Waals surface area contributed by atoms with Gasteiger partial charge in [-0.25, -0.2) is 0 Å². The van der Waals surface area contributed by atoms with E-state index in [2.05, 4.69) is 44.4 Å². The summed E-state index contributed by atoms with van der Waals surface area (Å²) >= 11 is 0. The van der Waals surface area contributed by atoms with Crippen molar-refractivity contribution in [3.8, 4) is 0 Å². The summed E-state index contributed by atoms with van der Waals surface area (Å²) in [7, 11) is 0. The first-order valence-corrected chi connectivity index (χ1v) is 10.7. The van der Waals surface area contributed by atoms with Gasteiger partial charge >= 0.3 is 0 Å². The molecule has 3 nitrogen and oxygen atoms in total. The van der Waals surface area contributed by atoms with Gasteiger partial charge < -0.3 is 5.73 Å². The highest BCUT2D eigenvalue weighted by atomic mass is 15.4. The molecule has 0 radical (unpaired) electrons. The highest BCUT2D eigenvalue weighted by Crippen LogP contribution is 2.22. The first-order valence-electron chi connectivity index (χ1n) is 10.7. The lowest BCUT2D eigenvalue weighted by atomic mass is 9.94. The fourth-order valence-corrected chi connectivity index (χ4v) is 4.26. The maximum absolute atomic E-state index is 6.61. The minimum absolute atomic E-state index is 0.0651. The molecule has 144 valence electrons. The molecule has 1 aliphatic heterocycles. The predicted molar refractivity (Wildman–Crippen MR) is 107 cm³/mol. The van der Waals surface area contributed by atoms with Crippen molar-refractivity contribution in [1.82, 2.24) is 9.80 Å². The van der Waals surface area contributed by atoms with Crippen LogP contribution in [0, 0.1) is 11.8 Å². The largest absolute Gasteiger partial charge is 0.323 e. The molecule has 1 aliphatic rings. The number of hydrogen-bond donors (Lipinski definition) is 1. The monoisotopic (exact) mass is 339 g/mol. The van der Waals surface area contributed by atoms with E-state index >= 15 is 0 Å². The molecular weight excluding hydrogens is 294 g/mol. The van der Waals surface area contributed by atoms with Gasteiger partial charge in [0.25, 0.3) is 0 Å². The second kappa shape index (κ2) is 11.5. The van der Waals surface area contributed by atoms with Crippen LogP contribution in [0.3, 0.4) is 0 Å². The average Bonchev–Trinajstić information content (AvgIpc) is 2.53. The Morgan fingerprint density at radius 3 is 1.58 bits per heavy atom. The number of rotatable bonds is 12. The van der Waals surface area contributed by atoms with Crippen molar-refractivity contribution in [2.45, 2.75) is 91.5 Å². The van der Waals surface area contributed by atoms with Crippen molar-refractivity contribution in [1.29, 1.82) is 0 Å². The summed E-state index contributed by atoms with van der Waals surface area (Å²) in [5.74, 6) is 1.67. The molecule has 0 aliphatic carbocycles. The van der Waals surface area contributed by atoms with Crippen LogP contribution in [0.1, 0.15) is 86.0 Å². The zero-order valence-corrected chi connectivity index (χ0v) is 17.3. The number of hydrogen-bond acceptors (Lipinski definition) is 3. The van der Waals surface area contributed by atoms with Crippen molar-refractivity contribution in [2.24, 2.45) is 17.6 Å². The van der Waals surface area contributed by atoms with Crippen molar-refractivity contribution in [3.63, 3.8) is 0 Å². The molecule has 24 heavy (non-hydrogen) atoms. The summed E-state index contributed by atoms with van der Waals surface area (Å²) < 4.78 is 0. The van der Waals surface area contributed by atoms with E-state index in [1.165, 1.54) is 64.5 Å². The van der Waals surface area contributed by atoms with Gasteiger partial charge in [-0.1, -0.05) is 66.2 Å². The van der Waals surface area contributed by atoms with Crippen LogP contribution in [-0.2, 0) is 0 Å². The number of nitrogens with two attached hydrogens (primary N) is 1. The first kappa shape index (κ1) is 21.9. The molecule has 0 aromatic carbocycles. The number of nitrogens with zero attached hydrogens (tertiary/aromatic N) is 2. The quantitative estimate of drug-likeness (QED) is 0.559. The second-order valence-corrected chi connectivity index (χ2v) is 8.65. The molecule has 0 aromatic rings. The van der Waals surface area contributed by atoms with Crippen LogP contribution >= 0.6 is 0 Å². The second-order valence-electron chi connectivity index (χ2n) is 8.65. The Balaban J connectivity index is 2.58. The zero-order valence-electron chi connectivity index (χ0n) is 17.3. The van der Waals surface area contributed by atoms with Crippen LogP contribution in [0.5, 0.6) is 0 Å². The Hall–Kier alpha value is -0.120. The Kier molecular flexibility index (Phi) is 10.5. The van der Waals surface area contributed by atoms with Crippen molar-refractivity contribution >= 4 is 0 Å². The van der Waals surface area contributed by atoms with Gasteiger partial charge in [-0.2, -0.15) is 0 Å². The van der Waals surface area contributed by atoms with E-state index < -0.39 is 0 Å². The molecule has 1 saturated heterocycles. The number of unbranched alkanes of at least 4 members (excludes halogenated alkanes) is 2. The molecule has 3 heteroatoms. The van der Waals surface area contributed by atoms with E-state index in [-0.39, 0.29) is 5.54 Å². The maximum Gasteiger partial charge on any atom is 0.0507 e. The molecule has 0 unspecified atom stereocenters. The van der Waals surface area contributed by atoms with E-state index in [4.69, 9.17) is 5.73 Å². The van der Waals surface area contributed by atoms with Gasteiger partial charge in [-0.15, -0.1) is 0 Å². The van der Waals surface area contributed by atoms with Crippen LogP contribution < -0.4 is 5.73 Å². The third-order valence-corrected chi connectivity index (χ3v) is 5.69. The molecule has 0 amide bonds. The fourth-order valence-electron chi connectivity index (χ4n) is 4.26. The van der Waals surface area contributed by atoms with Crippen molar-refractivity contribution in [2.75, 3.05) is 32.8 Å². The summed E-state index contributed by atoms with van der Waals surface area (Å²) in [6.45, 7) is 17.2. The Morgan fingerprint density at radius 1 is 0.833 bits per heavy atom. The van der Waals surface area contributed by atoms with E-state index in [1.54, 1.807) is 0 Å². The van der Waals surface area contributed by atoms with Gasteiger partial charge in [-0.05, 0) is 31.6 Å². The lowest BCUT2D eigenvalue weighted by molar-refractivity contribution is 0.0182. The molecule has 0 saturated carbocycles. The Bertz CT molecular complexity index is 288. The molecule has 0 bridgehead atoms. The van der Waals surface area contributed by atoms with Gasteiger partial charge in [0.05, 0.1) is 6.67 Å². The lowest BCUT2D eigenvalue weighted by Gasteiger charge is -2.46. The van der Waals surface area contributed by atoms with Gasteiger partial charge in [0.2, 0.25) is 0 Å². The standard InChI is InChI=1S/C21H45N3/c1-6-10-12-19(8-3)14-23-16-21(5,22)17-24(18-23)15-20(9-4)13-11-7-2/h19-20H,6-18,22H2,1-5H3/t19-,20-/m1/s1. The molecule has 1 heterocycles. The minimum Gasteiger partial charge on any atom is -0.323 e. The lowest BCUT2D eigenvalue weighted by Crippen LogP contribution is -2.63. The first-order chi connectivity index (χ1) is 11.4. The zero-order chi connectivity index (χ0) is 18.0. The van der Waals surface area contributed by atoms with E-state index in [9.17, 15) is 0 Å². The molecule has 2 atom stereocenters. The normalized spacial score (nSPS) is 21.8. The van der Waals surface area contributed by atoms with E-state index in [0.29, 0.717) is 0 Å². The molecular formula is C21H45N3. The van der Waals surface area contributed by atoms with E-state index in [1.807, 2.05) is 0 Å². The van der Waals surface area contributed by atoms with Gasteiger partial charge in [0.1, 0.15) is 0 Å². The van der Waals surface area contributed by atoms with E-state index in [0.717, 1.165) is 31.6 Å². The smallest absolute Gasteiger partial charge is 0.0507 e. The Morgan fingerprint density at radius 2 is 1.25 bits per heavy atom. The van der Waals surface area contributed by atoms with Crippen LogP contribution in [0.4, 0.5) is 0 Å². The summed E-state index contributed by atoms with van der Waals surface area (Å²) in [6, 6.07) is 0. The summed E-state index contributed by atoms with van der Waals surface area (Å²) in [5.41, 5.74) is 6.54. The van der Waals surface area contributed by atoms with Crippen LogP contribution in [-0.4, -0.2) is 48.2 Å². The minimum atomic E-state index is -0.0651. The summed E-state index contributed by atoms with van der Waals surface area (Å²) in [6.07, 6.45) is 10.7. The highest BCUT2D eigenvalue weighted by Gasteiger charge is 2.33. The van der Waals surface area contributed by atoms with Gasteiger partial charge in [0, 0.05) is 31.7 Å². The van der Waals surface area contributed by atoms with Crippen LogP contribution in [0.15, 0.2) is 0 Å². The molecule has 0 spiro atoms. The highest BCUT2D eigenvalue weighted by molar-refractivity contribution is 4.91. The van der Waals surface area contributed by atoms with Gasteiger partial charge in [-0.3, -0.25) is 9.80 Å². The predicted octanol–water partition coefficient (Wildman–Crippen LogP) is 4.71. The topological polar surface area (TPSA) is 32.5 Å². The summed E-state index contributed by atoms with van der Waals surface area (Å²) in [4.78, 5) is 5.28. The SMILES string of the molecule is CCCC[C@@H](CC)CN1CN(C[C@H](CC)CCCC)CC(C)(N)C1. The third kappa shape index (κ3) is 8.31. The van der Waals surface area contributed by atoms with Gasteiger partial charge in [0.15, 0.2) is 0 Å². The molecule has 2 N–H and O–H groups in total. The summed E-state index contributed by atoms with van der Waals surface area (Å²) in [5, 5.41) is 0. The molecule has 0 aromatic heterocycles. The maximum atomic E-state index is 6.61. The third-order valence-electron chi connectivity index (χ3n) is 5.69. The average molecular weight is 340 g/mol. The fraction of sp³-hybridized carbons (Fsp3) is 1.00. The van der Waals surface area contributed by atoms with Crippen molar-refractivity contribution < 1.29 is 0 Å². The Labute approximate surface area is 152 Å². The van der Waals surface area contributed by atoms with Crippen molar-refractivity contribution in [3.05, 3.63) is 0 Å². The van der Waals surface area contributed by atoms with Crippen LogP contribution in [0.25, 0.3) is 0 Å².